The number of likely N-dealkylation sites (tertiary alicyclic amines) is 1. The highest BCUT2D eigenvalue weighted by atomic mass is 16.4. The van der Waals surface area contributed by atoms with Crippen LogP contribution in [0.5, 0.6) is 0 Å². The van der Waals surface area contributed by atoms with Gasteiger partial charge in [0.05, 0.1) is 0 Å². The van der Waals surface area contributed by atoms with Crippen molar-refractivity contribution in [1.82, 2.24) is 15.5 Å². The molecule has 19 heavy (non-hydrogen) atoms. The zero-order chi connectivity index (χ0) is 14.3. The van der Waals surface area contributed by atoms with Crippen molar-refractivity contribution in [2.75, 3.05) is 26.2 Å². The fraction of sp³-hybridized carbons (Fsp3) is 0.846. The van der Waals surface area contributed by atoms with E-state index in [9.17, 15) is 9.59 Å². The van der Waals surface area contributed by atoms with E-state index in [-0.39, 0.29) is 0 Å². The summed E-state index contributed by atoms with van der Waals surface area (Å²) in [5, 5.41) is 14.3. The van der Waals surface area contributed by atoms with E-state index in [1.54, 1.807) is 6.92 Å². The molecular weight excluding hydrogens is 246 g/mol. The van der Waals surface area contributed by atoms with Gasteiger partial charge in [0.15, 0.2) is 0 Å². The van der Waals surface area contributed by atoms with Crippen molar-refractivity contribution in [2.45, 2.75) is 45.1 Å². The largest absolute Gasteiger partial charge is 0.480 e. The summed E-state index contributed by atoms with van der Waals surface area (Å²) in [7, 11) is 0. The molecule has 1 aliphatic heterocycles. The van der Waals surface area contributed by atoms with Gasteiger partial charge in [0.1, 0.15) is 5.54 Å². The molecule has 110 valence electrons. The molecule has 1 aliphatic rings. The molecule has 0 radical (unpaired) electrons. The number of nitrogens with zero attached hydrogens (tertiary/aromatic N) is 1. The molecule has 0 bridgehead atoms. The van der Waals surface area contributed by atoms with E-state index < -0.39 is 17.5 Å². The second-order valence-corrected chi connectivity index (χ2v) is 5.27. The second kappa shape index (κ2) is 7.33. The SMILES string of the molecule is CCC(C)(NC(=O)NCCCN1CCCC1)C(=O)O. The summed E-state index contributed by atoms with van der Waals surface area (Å²) in [6, 6.07) is -0.409. The number of rotatable bonds is 7. The van der Waals surface area contributed by atoms with Gasteiger partial charge in [-0.15, -0.1) is 0 Å². The predicted molar refractivity (Wildman–Crippen MR) is 73.2 cm³/mol. The van der Waals surface area contributed by atoms with Gasteiger partial charge in [-0.3, -0.25) is 0 Å². The molecule has 6 heteroatoms. The molecule has 0 aromatic heterocycles. The molecule has 0 saturated carbocycles. The van der Waals surface area contributed by atoms with Crippen LogP contribution in [0.1, 0.15) is 39.5 Å². The van der Waals surface area contributed by atoms with Crippen LogP contribution in [-0.4, -0.2) is 53.7 Å². The molecule has 0 aromatic rings. The lowest BCUT2D eigenvalue weighted by molar-refractivity contribution is -0.143. The number of urea groups is 1. The van der Waals surface area contributed by atoms with Gasteiger partial charge in [-0.05, 0) is 52.2 Å². The van der Waals surface area contributed by atoms with Gasteiger partial charge >= 0.3 is 12.0 Å². The molecule has 1 saturated heterocycles. The maximum absolute atomic E-state index is 11.6. The van der Waals surface area contributed by atoms with E-state index in [2.05, 4.69) is 15.5 Å². The number of hydrogen-bond donors (Lipinski definition) is 3. The lowest BCUT2D eigenvalue weighted by atomic mass is 10.00. The van der Waals surface area contributed by atoms with Crippen molar-refractivity contribution in [3.8, 4) is 0 Å². The van der Waals surface area contributed by atoms with Gasteiger partial charge in [-0.2, -0.15) is 0 Å². The summed E-state index contributed by atoms with van der Waals surface area (Å²) in [6.07, 6.45) is 3.77. The summed E-state index contributed by atoms with van der Waals surface area (Å²) in [5.74, 6) is -1.01. The predicted octanol–water partition coefficient (Wildman–Crippen LogP) is 1.02. The quantitative estimate of drug-likeness (QED) is 0.604. The van der Waals surface area contributed by atoms with Crippen molar-refractivity contribution in [1.29, 1.82) is 0 Å². The van der Waals surface area contributed by atoms with Crippen LogP contribution in [0.3, 0.4) is 0 Å². The van der Waals surface area contributed by atoms with Gasteiger partial charge in [0.2, 0.25) is 0 Å². The zero-order valence-corrected chi connectivity index (χ0v) is 11.9. The number of aliphatic carboxylic acids is 1. The molecule has 6 nitrogen and oxygen atoms in total. The first kappa shape index (κ1) is 15.8. The molecular formula is C13H25N3O3. The summed E-state index contributed by atoms with van der Waals surface area (Å²) < 4.78 is 0. The Balaban J connectivity index is 2.18. The first-order chi connectivity index (χ1) is 8.98. The lowest BCUT2D eigenvalue weighted by Crippen LogP contribution is -2.55. The molecule has 0 aromatic carbocycles. The van der Waals surface area contributed by atoms with E-state index in [4.69, 9.17) is 5.11 Å². The van der Waals surface area contributed by atoms with Gasteiger partial charge in [-0.25, -0.2) is 9.59 Å². The van der Waals surface area contributed by atoms with Gasteiger partial charge < -0.3 is 20.6 Å². The van der Waals surface area contributed by atoms with E-state index in [0.717, 1.165) is 26.1 Å². The minimum atomic E-state index is -1.20. The van der Waals surface area contributed by atoms with Crippen LogP contribution < -0.4 is 10.6 Å². The number of carboxylic acid groups (broad SMARTS) is 1. The van der Waals surface area contributed by atoms with Crippen LogP contribution in [-0.2, 0) is 4.79 Å². The Morgan fingerprint density at radius 1 is 1.32 bits per heavy atom. The fourth-order valence-electron chi connectivity index (χ4n) is 2.10. The smallest absolute Gasteiger partial charge is 0.329 e. The Bertz CT molecular complexity index is 316. The topological polar surface area (TPSA) is 81.7 Å². The molecule has 2 amide bonds. The highest BCUT2D eigenvalue weighted by Crippen LogP contribution is 2.09. The third-order valence-electron chi connectivity index (χ3n) is 3.70. The van der Waals surface area contributed by atoms with E-state index in [1.165, 1.54) is 19.8 Å². The minimum absolute atomic E-state index is 0.351. The summed E-state index contributed by atoms with van der Waals surface area (Å²) in [4.78, 5) is 25.0. The summed E-state index contributed by atoms with van der Waals surface area (Å²) >= 11 is 0. The van der Waals surface area contributed by atoms with Gasteiger partial charge in [0, 0.05) is 6.54 Å². The standard InChI is InChI=1S/C13H25N3O3/c1-3-13(2,11(17)18)15-12(19)14-7-6-10-16-8-4-5-9-16/h3-10H2,1-2H3,(H,17,18)(H2,14,15,19). The van der Waals surface area contributed by atoms with Crippen molar-refractivity contribution in [3.05, 3.63) is 0 Å². The Labute approximate surface area is 114 Å². The molecule has 1 unspecified atom stereocenters. The Hall–Kier alpha value is -1.30. The molecule has 3 N–H and O–H groups in total. The number of carbonyl (C=O) groups excluding carboxylic acids is 1. The van der Waals surface area contributed by atoms with E-state index >= 15 is 0 Å². The van der Waals surface area contributed by atoms with Crippen LogP contribution in [0.2, 0.25) is 0 Å². The molecule has 1 atom stereocenters. The van der Waals surface area contributed by atoms with E-state index in [1.807, 2.05) is 0 Å². The van der Waals surface area contributed by atoms with Crippen molar-refractivity contribution in [3.63, 3.8) is 0 Å². The van der Waals surface area contributed by atoms with Gasteiger partial charge in [0.25, 0.3) is 0 Å². The third-order valence-corrected chi connectivity index (χ3v) is 3.70. The lowest BCUT2D eigenvalue weighted by Gasteiger charge is -2.24. The molecule has 0 aliphatic carbocycles. The van der Waals surface area contributed by atoms with Crippen LogP contribution in [0.15, 0.2) is 0 Å². The summed E-state index contributed by atoms with van der Waals surface area (Å²) in [5.41, 5.74) is -1.20. The average molecular weight is 271 g/mol. The maximum Gasteiger partial charge on any atom is 0.329 e. The van der Waals surface area contributed by atoms with Crippen molar-refractivity contribution < 1.29 is 14.7 Å². The van der Waals surface area contributed by atoms with Crippen molar-refractivity contribution >= 4 is 12.0 Å². The maximum atomic E-state index is 11.6. The number of amides is 2. The van der Waals surface area contributed by atoms with Crippen LogP contribution in [0.25, 0.3) is 0 Å². The van der Waals surface area contributed by atoms with Crippen LogP contribution >= 0.6 is 0 Å². The highest BCUT2D eigenvalue weighted by molar-refractivity contribution is 5.85. The average Bonchev–Trinajstić information content (AvgIpc) is 2.87. The first-order valence-electron chi connectivity index (χ1n) is 6.99. The first-order valence-corrected chi connectivity index (χ1v) is 6.99. The van der Waals surface area contributed by atoms with Gasteiger partial charge in [-0.1, -0.05) is 6.92 Å². The monoisotopic (exact) mass is 271 g/mol. The normalized spacial score (nSPS) is 18.8. The fourth-order valence-corrected chi connectivity index (χ4v) is 2.10. The third kappa shape index (κ3) is 5.06. The number of hydrogen-bond acceptors (Lipinski definition) is 3. The van der Waals surface area contributed by atoms with E-state index in [0.29, 0.717) is 13.0 Å². The molecule has 1 fully saturated rings. The Kier molecular flexibility index (Phi) is 6.08. The number of carboxylic acids is 1. The van der Waals surface area contributed by atoms with Crippen LogP contribution in [0.4, 0.5) is 4.79 Å². The summed E-state index contributed by atoms with van der Waals surface area (Å²) in [6.45, 7) is 7.12. The Morgan fingerprint density at radius 2 is 1.95 bits per heavy atom. The number of nitrogens with one attached hydrogen (secondary N) is 2. The minimum Gasteiger partial charge on any atom is -0.480 e. The second-order valence-electron chi connectivity index (χ2n) is 5.27. The van der Waals surface area contributed by atoms with Crippen molar-refractivity contribution in [2.24, 2.45) is 0 Å². The molecule has 1 heterocycles. The number of carbonyl (C=O) groups is 2. The molecule has 0 spiro atoms. The highest BCUT2D eigenvalue weighted by Gasteiger charge is 2.32. The Morgan fingerprint density at radius 3 is 2.47 bits per heavy atom. The van der Waals surface area contributed by atoms with Crippen LogP contribution in [0, 0.1) is 0 Å². The zero-order valence-electron chi connectivity index (χ0n) is 11.9. The molecule has 1 rings (SSSR count).